The maximum Gasteiger partial charge on any atom is 0.248 e. The Balaban J connectivity index is 2.00. The Morgan fingerprint density at radius 3 is 2.55 bits per heavy atom. The van der Waals surface area contributed by atoms with Gasteiger partial charge in [-0.15, -0.1) is 0 Å². The number of nitrogens with zero attached hydrogens (tertiary/aromatic N) is 1. The minimum Gasteiger partial charge on any atom is -0.394 e. The van der Waals surface area contributed by atoms with Gasteiger partial charge in [-0.3, -0.25) is 4.79 Å². The number of amides is 1. The van der Waals surface area contributed by atoms with Crippen LogP contribution in [0.25, 0.3) is 0 Å². The first kappa shape index (κ1) is 21.6. The van der Waals surface area contributed by atoms with E-state index in [0.717, 1.165) is 11.1 Å². The number of aliphatic hydroxyl groups is 2. The molecular formula is C21H22Cl2N2O4. The fourth-order valence-electron chi connectivity index (χ4n) is 3.56. The van der Waals surface area contributed by atoms with Crippen molar-refractivity contribution in [2.75, 3.05) is 6.61 Å². The van der Waals surface area contributed by atoms with E-state index in [-0.39, 0.29) is 6.42 Å². The van der Waals surface area contributed by atoms with Crippen LogP contribution < -0.4 is 5.73 Å². The van der Waals surface area contributed by atoms with Crippen LogP contribution in [0.5, 0.6) is 0 Å². The molecule has 6 nitrogen and oxygen atoms in total. The molecule has 1 aliphatic heterocycles. The molecule has 0 spiro atoms. The van der Waals surface area contributed by atoms with Gasteiger partial charge < -0.3 is 20.8 Å². The summed E-state index contributed by atoms with van der Waals surface area (Å²) in [6.07, 6.45) is -0.393. The van der Waals surface area contributed by atoms with Gasteiger partial charge in [0.2, 0.25) is 5.91 Å². The number of hydrogen-bond acceptors (Lipinski definition) is 5. The van der Waals surface area contributed by atoms with Crippen LogP contribution in [0.1, 0.15) is 46.0 Å². The summed E-state index contributed by atoms with van der Waals surface area (Å²) < 4.78 is 0. The summed E-state index contributed by atoms with van der Waals surface area (Å²) >= 11 is 12.3. The summed E-state index contributed by atoms with van der Waals surface area (Å²) in [6, 6.07) is 8.59. The lowest BCUT2D eigenvalue weighted by molar-refractivity contribution is -0.00737. The standard InChI is InChI=1S/C21H22Cl2N2O4/c1-11-16(20(24)28)3-4-17(18(11)8-15(27)10-26)19-9-21(2,29-25-19)12-5-13(22)7-14(23)6-12/h3-7,15,26-27H,8-10H2,1-2H3,(H2,24,28). The number of halogens is 2. The lowest BCUT2D eigenvalue weighted by Gasteiger charge is -2.23. The van der Waals surface area contributed by atoms with E-state index in [1.165, 1.54) is 0 Å². The Labute approximate surface area is 178 Å². The van der Waals surface area contributed by atoms with Crippen LogP contribution in [0.4, 0.5) is 0 Å². The molecule has 29 heavy (non-hydrogen) atoms. The van der Waals surface area contributed by atoms with Gasteiger partial charge in [-0.25, -0.2) is 0 Å². The summed E-state index contributed by atoms with van der Waals surface area (Å²) in [5.41, 5.74) is 8.57. The van der Waals surface area contributed by atoms with Crippen LogP contribution in [0.2, 0.25) is 10.0 Å². The van der Waals surface area contributed by atoms with E-state index >= 15 is 0 Å². The molecule has 2 atom stereocenters. The molecular weight excluding hydrogens is 415 g/mol. The molecule has 0 aromatic heterocycles. The first-order valence-corrected chi connectivity index (χ1v) is 9.83. The number of aliphatic hydroxyl groups excluding tert-OH is 2. The zero-order valence-electron chi connectivity index (χ0n) is 16.1. The Hall–Kier alpha value is -2.12. The smallest absolute Gasteiger partial charge is 0.248 e. The van der Waals surface area contributed by atoms with Crippen molar-refractivity contribution in [1.82, 2.24) is 0 Å². The van der Waals surface area contributed by atoms with E-state index in [1.807, 2.05) is 6.92 Å². The molecule has 3 rings (SSSR count). The van der Waals surface area contributed by atoms with Gasteiger partial charge in [0.1, 0.15) is 0 Å². The average Bonchev–Trinajstić information content (AvgIpc) is 3.05. The van der Waals surface area contributed by atoms with Gasteiger partial charge in [-0.1, -0.05) is 34.4 Å². The van der Waals surface area contributed by atoms with Crippen molar-refractivity contribution in [2.24, 2.45) is 10.9 Å². The number of nitrogens with two attached hydrogens (primary N) is 1. The van der Waals surface area contributed by atoms with Gasteiger partial charge in [0.15, 0.2) is 5.60 Å². The molecule has 2 aromatic carbocycles. The number of primary amides is 1. The number of carbonyl (C=O) groups is 1. The third kappa shape index (κ3) is 4.41. The zero-order chi connectivity index (χ0) is 21.3. The van der Waals surface area contributed by atoms with Crippen LogP contribution in [0, 0.1) is 6.92 Å². The SMILES string of the molecule is Cc1c(C(N)=O)ccc(C2=NOC(C)(c3cc(Cl)cc(Cl)c3)C2)c1CC(O)CO. The Morgan fingerprint density at radius 2 is 1.97 bits per heavy atom. The molecule has 1 amide bonds. The molecule has 0 fully saturated rings. The fraction of sp³-hybridized carbons (Fsp3) is 0.333. The van der Waals surface area contributed by atoms with Gasteiger partial charge in [-0.2, -0.15) is 0 Å². The van der Waals surface area contributed by atoms with Crippen molar-refractivity contribution >= 4 is 34.8 Å². The van der Waals surface area contributed by atoms with Gasteiger partial charge in [-0.05, 0) is 49.2 Å². The minimum absolute atomic E-state index is 0.150. The number of carbonyl (C=O) groups excluding carboxylic acids is 1. The molecule has 0 radical (unpaired) electrons. The van der Waals surface area contributed by atoms with Crippen molar-refractivity contribution < 1.29 is 19.8 Å². The zero-order valence-corrected chi connectivity index (χ0v) is 17.6. The maximum atomic E-state index is 11.7. The normalized spacial score (nSPS) is 19.6. The van der Waals surface area contributed by atoms with Crippen LogP contribution in [0.15, 0.2) is 35.5 Å². The van der Waals surface area contributed by atoms with E-state index in [4.69, 9.17) is 33.8 Å². The Bertz CT molecular complexity index is 973. The molecule has 1 heterocycles. The highest BCUT2D eigenvalue weighted by atomic mass is 35.5. The lowest BCUT2D eigenvalue weighted by Crippen LogP contribution is -2.24. The monoisotopic (exact) mass is 436 g/mol. The molecule has 8 heteroatoms. The summed E-state index contributed by atoms with van der Waals surface area (Å²) in [7, 11) is 0. The van der Waals surface area contributed by atoms with Gasteiger partial charge in [0.05, 0.1) is 18.4 Å². The number of benzene rings is 2. The average molecular weight is 437 g/mol. The first-order chi connectivity index (χ1) is 13.6. The van der Waals surface area contributed by atoms with Crippen molar-refractivity contribution in [3.8, 4) is 0 Å². The van der Waals surface area contributed by atoms with E-state index < -0.39 is 24.2 Å². The first-order valence-electron chi connectivity index (χ1n) is 9.08. The molecule has 0 saturated carbocycles. The topological polar surface area (TPSA) is 105 Å². The molecule has 1 aliphatic rings. The van der Waals surface area contributed by atoms with E-state index in [0.29, 0.717) is 38.9 Å². The van der Waals surface area contributed by atoms with Crippen LogP contribution in [0.3, 0.4) is 0 Å². The maximum absolute atomic E-state index is 11.7. The summed E-state index contributed by atoms with van der Waals surface area (Å²) in [6.45, 7) is 3.25. The Kier molecular flexibility index (Phi) is 6.19. The number of rotatable bonds is 6. The van der Waals surface area contributed by atoms with Gasteiger partial charge >= 0.3 is 0 Å². The van der Waals surface area contributed by atoms with Crippen molar-refractivity contribution in [2.45, 2.75) is 38.4 Å². The van der Waals surface area contributed by atoms with E-state index in [2.05, 4.69) is 5.16 Å². The van der Waals surface area contributed by atoms with Gasteiger partial charge in [0, 0.05) is 39.6 Å². The molecule has 0 bridgehead atoms. The Morgan fingerprint density at radius 1 is 1.31 bits per heavy atom. The molecule has 2 unspecified atom stereocenters. The fourth-order valence-corrected chi connectivity index (χ4v) is 4.08. The van der Waals surface area contributed by atoms with E-state index in [1.54, 1.807) is 37.3 Å². The summed E-state index contributed by atoms with van der Waals surface area (Å²) in [4.78, 5) is 17.5. The highest BCUT2D eigenvalue weighted by Gasteiger charge is 2.38. The van der Waals surface area contributed by atoms with Crippen molar-refractivity contribution in [1.29, 1.82) is 0 Å². The minimum atomic E-state index is -0.975. The highest BCUT2D eigenvalue weighted by molar-refractivity contribution is 6.34. The van der Waals surface area contributed by atoms with Crippen LogP contribution >= 0.6 is 23.2 Å². The quantitative estimate of drug-likeness (QED) is 0.645. The molecule has 4 N–H and O–H groups in total. The van der Waals surface area contributed by atoms with Crippen LogP contribution in [-0.2, 0) is 16.9 Å². The molecule has 154 valence electrons. The van der Waals surface area contributed by atoms with Crippen LogP contribution in [-0.4, -0.2) is 34.5 Å². The second-order valence-electron chi connectivity index (χ2n) is 7.36. The predicted molar refractivity (Wildman–Crippen MR) is 113 cm³/mol. The second kappa shape index (κ2) is 8.32. The largest absolute Gasteiger partial charge is 0.394 e. The summed E-state index contributed by atoms with van der Waals surface area (Å²) in [5.74, 6) is -0.559. The second-order valence-corrected chi connectivity index (χ2v) is 8.24. The third-order valence-electron chi connectivity index (χ3n) is 5.16. The van der Waals surface area contributed by atoms with E-state index in [9.17, 15) is 15.0 Å². The predicted octanol–water partition coefficient (Wildman–Crippen LogP) is 3.34. The highest BCUT2D eigenvalue weighted by Crippen LogP contribution is 2.39. The number of hydrogen-bond donors (Lipinski definition) is 3. The van der Waals surface area contributed by atoms with Gasteiger partial charge in [0.25, 0.3) is 0 Å². The molecule has 0 saturated heterocycles. The van der Waals surface area contributed by atoms with Crippen molar-refractivity contribution in [3.05, 3.63) is 68.2 Å². The number of oxime groups is 1. The molecule has 0 aliphatic carbocycles. The lowest BCUT2D eigenvalue weighted by atomic mass is 9.85. The summed E-state index contributed by atoms with van der Waals surface area (Å²) in [5, 5.41) is 24.6. The molecule has 2 aromatic rings. The third-order valence-corrected chi connectivity index (χ3v) is 5.60. The van der Waals surface area contributed by atoms with Crippen molar-refractivity contribution in [3.63, 3.8) is 0 Å².